The molecule has 0 radical (unpaired) electrons. The normalized spacial score (nSPS) is 13.8. The van der Waals surface area contributed by atoms with Crippen LogP contribution in [0, 0.1) is 0 Å². The molecule has 29 heavy (non-hydrogen) atoms. The van der Waals surface area contributed by atoms with Gasteiger partial charge in [0.05, 0.1) is 15.1 Å². The maximum Gasteiger partial charge on any atom is 0.283 e. The Hall–Kier alpha value is -1.67. The highest BCUT2D eigenvalue weighted by Crippen LogP contribution is 2.54. The molecule has 0 aromatic heterocycles. The van der Waals surface area contributed by atoms with Crippen molar-refractivity contribution in [1.29, 1.82) is 0 Å². The van der Waals surface area contributed by atoms with Crippen molar-refractivity contribution in [2.45, 2.75) is 4.75 Å². The quantitative estimate of drug-likeness (QED) is 0.239. The zero-order chi connectivity index (χ0) is 21.6. The molecule has 0 saturated heterocycles. The van der Waals surface area contributed by atoms with Gasteiger partial charge in [-0.2, -0.15) is 8.42 Å². The summed E-state index contributed by atoms with van der Waals surface area (Å²) in [6, 6.07) is 11.9. The molecule has 0 aliphatic rings. The lowest BCUT2D eigenvalue weighted by Crippen LogP contribution is -2.39. The van der Waals surface area contributed by atoms with E-state index in [1.54, 1.807) is 0 Å². The van der Waals surface area contributed by atoms with E-state index in [0.29, 0.717) is 5.02 Å². The Morgan fingerprint density at radius 3 is 1.93 bits per heavy atom. The first kappa shape index (κ1) is 22.0. The molecule has 3 N–H and O–H groups in total. The van der Waals surface area contributed by atoms with E-state index in [9.17, 15) is 23.2 Å². The molecule has 10 heteroatoms. The predicted octanol–water partition coefficient (Wildman–Crippen LogP) is 5.89. The Balaban J connectivity index is 2.66. The fraction of sp³-hybridized carbons (Fsp3) is 0.0526. The smallest absolute Gasteiger partial charge is 0.283 e. The third-order valence-electron chi connectivity index (χ3n) is 4.41. The topological polar surface area (TPSA) is 94.8 Å². The third kappa shape index (κ3) is 3.54. The van der Waals surface area contributed by atoms with Crippen LogP contribution in [0.2, 0.25) is 20.1 Å². The Morgan fingerprint density at radius 2 is 1.38 bits per heavy atom. The Morgan fingerprint density at radius 1 is 0.793 bits per heavy atom. The highest BCUT2D eigenvalue weighted by atomic mass is 35.5. The molecule has 1 atom stereocenters. The van der Waals surface area contributed by atoms with Gasteiger partial charge in [0.1, 0.15) is 11.5 Å². The standard InChI is InChI=1S/C19H12Cl4O5S/c20-11-7-5-10(6-8-11)19(29(26,27)28,12-3-1-2-4-14(12)24)16-17(22)13(21)9-15(25)18(16)23/h1-9,24-25H,(H,26,27,28). The molecule has 0 heterocycles. The molecule has 3 aromatic rings. The maximum atomic E-state index is 13.0. The number of hydrogen-bond acceptors (Lipinski definition) is 4. The van der Waals surface area contributed by atoms with Crippen LogP contribution in [0.4, 0.5) is 0 Å². The fourth-order valence-electron chi connectivity index (χ4n) is 3.21. The second kappa shape index (κ2) is 7.87. The van der Waals surface area contributed by atoms with E-state index in [1.807, 2.05) is 0 Å². The van der Waals surface area contributed by atoms with Crippen LogP contribution in [0.1, 0.15) is 16.7 Å². The van der Waals surface area contributed by atoms with E-state index in [4.69, 9.17) is 46.4 Å². The largest absolute Gasteiger partial charge is 0.508 e. The number of rotatable bonds is 4. The van der Waals surface area contributed by atoms with Gasteiger partial charge in [0, 0.05) is 22.2 Å². The van der Waals surface area contributed by atoms with Gasteiger partial charge in [-0.05, 0) is 23.8 Å². The number of phenols is 2. The molecule has 0 saturated carbocycles. The maximum absolute atomic E-state index is 13.0. The van der Waals surface area contributed by atoms with Crippen molar-refractivity contribution in [3.63, 3.8) is 0 Å². The summed E-state index contributed by atoms with van der Waals surface area (Å²) in [6.07, 6.45) is 0. The van der Waals surface area contributed by atoms with Crippen molar-refractivity contribution in [2.24, 2.45) is 0 Å². The van der Waals surface area contributed by atoms with Crippen molar-refractivity contribution >= 4 is 56.5 Å². The van der Waals surface area contributed by atoms with Gasteiger partial charge in [-0.1, -0.05) is 76.7 Å². The van der Waals surface area contributed by atoms with Crippen molar-refractivity contribution in [3.8, 4) is 11.5 Å². The van der Waals surface area contributed by atoms with Gasteiger partial charge in [0.2, 0.25) is 0 Å². The lowest BCUT2D eigenvalue weighted by molar-refractivity contribution is 0.439. The first-order chi connectivity index (χ1) is 13.5. The zero-order valence-corrected chi connectivity index (χ0v) is 18.1. The van der Waals surface area contributed by atoms with Crippen molar-refractivity contribution in [2.75, 3.05) is 0 Å². The molecule has 0 fully saturated rings. The van der Waals surface area contributed by atoms with Crippen molar-refractivity contribution in [1.82, 2.24) is 0 Å². The first-order valence-electron chi connectivity index (χ1n) is 7.90. The van der Waals surface area contributed by atoms with E-state index in [2.05, 4.69) is 0 Å². The van der Waals surface area contributed by atoms with Gasteiger partial charge in [-0.15, -0.1) is 0 Å². The van der Waals surface area contributed by atoms with E-state index in [-0.39, 0.29) is 21.2 Å². The summed E-state index contributed by atoms with van der Waals surface area (Å²) in [5.41, 5.74) is -0.719. The van der Waals surface area contributed by atoms with Gasteiger partial charge in [0.15, 0.2) is 4.75 Å². The van der Waals surface area contributed by atoms with Gasteiger partial charge >= 0.3 is 0 Å². The Labute approximate surface area is 186 Å². The molecule has 0 bridgehead atoms. The van der Waals surface area contributed by atoms with Crippen LogP contribution in [0.25, 0.3) is 0 Å². The number of halogens is 4. The highest BCUT2D eigenvalue weighted by molar-refractivity contribution is 7.87. The minimum absolute atomic E-state index is 0.0450. The van der Waals surface area contributed by atoms with Gasteiger partial charge < -0.3 is 10.2 Å². The van der Waals surface area contributed by atoms with Crippen LogP contribution in [0.15, 0.2) is 54.6 Å². The van der Waals surface area contributed by atoms with Crippen molar-refractivity contribution < 1.29 is 23.2 Å². The van der Waals surface area contributed by atoms with Crippen molar-refractivity contribution in [3.05, 3.63) is 91.4 Å². The molecule has 3 rings (SSSR count). The molecule has 0 aliphatic heterocycles. The Bertz CT molecular complexity index is 1170. The predicted molar refractivity (Wildman–Crippen MR) is 114 cm³/mol. The summed E-state index contributed by atoms with van der Waals surface area (Å²) in [5.74, 6) is -1.03. The summed E-state index contributed by atoms with van der Waals surface area (Å²) >= 11 is 24.6. The van der Waals surface area contributed by atoms with Crippen LogP contribution < -0.4 is 0 Å². The molecular formula is C19H12Cl4O5S. The number of aromatic hydroxyl groups is 2. The second-order valence-corrected chi connectivity index (χ2v) is 9.22. The molecular weight excluding hydrogens is 482 g/mol. The molecule has 1 unspecified atom stereocenters. The lowest BCUT2D eigenvalue weighted by atomic mass is 9.83. The van der Waals surface area contributed by atoms with Crippen LogP contribution in [0.5, 0.6) is 11.5 Å². The zero-order valence-electron chi connectivity index (χ0n) is 14.3. The number of phenolic OH excluding ortho intramolecular Hbond substituents is 2. The third-order valence-corrected chi connectivity index (χ3v) is 7.27. The van der Waals surface area contributed by atoms with Gasteiger partial charge in [-0.3, -0.25) is 4.55 Å². The minimum Gasteiger partial charge on any atom is -0.508 e. The molecule has 152 valence electrons. The number of hydrogen-bond donors (Lipinski definition) is 3. The molecule has 3 aromatic carbocycles. The summed E-state index contributed by atoms with van der Waals surface area (Å²) in [6.45, 7) is 0. The molecule has 0 amide bonds. The van der Waals surface area contributed by atoms with Crippen LogP contribution in [-0.4, -0.2) is 23.2 Å². The summed E-state index contributed by atoms with van der Waals surface area (Å²) in [4.78, 5) is 0. The summed E-state index contributed by atoms with van der Waals surface area (Å²) in [7, 11) is -5.14. The van der Waals surface area contributed by atoms with E-state index in [1.165, 1.54) is 48.5 Å². The average Bonchev–Trinajstić information content (AvgIpc) is 2.64. The van der Waals surface area contributed by atoms with E-state index >= 15 is 0 Å². The first-order valence-corrected chi connectivity index (χ1v) is 10.9. The Kier molecular flexibility index (Phi) is 5.98. The molecule has 0 spiro atoms. The monoisotopic (exact) mass is 492 g/mol. The molecule has 0 aliphatic carbocycles. The van der Waals surface area contributed by atoms with Gasteiger partial charge in [-0.25, -0.2) is 0 Å². The molecule has 5 nitrogen and oxygen atoms in total. The average molecular weight is 494 g/mol. The summed E-state index contributed by atoms with van der Waals surface area (Å²) in [5, 5.41) is 20.0. The van der Waals surface area contributed by atoms with Crippen LogP contribution in [0.3, 0.4) is 0 Å². The summed E-state index contributed by atoms with van der Waals surface area (Å²) < 4.78 is 33.9. The minimum atomic E-state index is -5.14. The fourth-order valence-corrected chi connectivity index (χ4v) is 5.62. The van der Waals surface area contributed by atoms with Crippen LogP contribution >= 0.6 is 46.4 Å². The SMILES string of the molecule is O=S(=O)(O)C(c1ccc(Cl)cc1)(c1ccccc1O)c1c(Cl)c(O)cc(Cl)c1Cl. The lowest BCUT2D eigenvalue weighted by Gasteiger charge is -2.34. The highest BCUT2D eigenvalue weighted by Gasteiger charge is 2.53. The van der Waals surface area contributed by atoms with E-state index in [0.717, 1.165) is 6.07 Å². The van der Waals surface area contributed by atoms with Crippen LogP contribution in [-0.2, 0) is 14.9 Å². The second-order valence-electron chi connectivity index (χ2n) is 6.06. The van der Waals surface area contributed by atoms with Gasteiger partial charge in [0.25, 0.3) is 10.1 Å². The number of benzene rings is 3. The number of para-hydroxylation sites is 1. The van der Waals surface area contributed by atoms with E-state index < -0.39 is 37.0 Å².